The van der Waals surface area contributed by atoms with Crippen LogP contribution in [0.25, 0.3) is 11.4 Å². The first-order valence-electron chi connectivity index (χ1n) is 10.8. The van der Waals surface area contributed by atoms with Crippen LogP contribution in [-0.2, 0) is 27.6 Å². The van der Waals surface area contributed by atoms with Crippen LogP contribution in [0.2, 0.25) is 0 Å². The van der Waals surface area contributed by atoms with Crippen molar-refractivity contribution in [3.63, 3.8) is 0 Å². The predicted molar refractivity (Wildman–Crippen MR) is 122 cm³/mol. The van der Waals surface area contributed by atoms with Crippen molar-refractivity contribution in [1.29, 1.82) is 0 Å². The summed E-state index contributed by atoms with van der Waals surface area (Å²) in [7, 11) is -2.05. The molecule has 4 rings (SSSR count). The fraction of sp³-hybridized carbons (Fsp3) is 0.409. The monoisotopic (exact) mass is 456 g/mol. The lowest BCUT2D eigenvalue weighted by Gasteiger charge is -2.09. The standard InChI is InChI=1S/C22H28N6O3S/c1-3-20-26-19(14-15-4-5-15)21(28-20)18-10-11-23-22(27-18)25-16-6-8-17(9-7-16)32(29,30)24-12-13-31-2/h6-11,15,24H,3-5,12-14H2,1-2H3,(H,26,28)(H,23,25,27). The van der Waals surface area contributed by atoms with Crippen LogP contribution in [0, 0.1) is 5.92 Å². The van der Waals surface area contributed by atoms with Gasteiger partial charge in [-0.2, -0.15) is 0 Å². The van der Waals surface area contributed by atoms with Crippen molar-refractivity contribution in [3.05, 3.63) is 48.0 Å². The molecule has 32 heavy (non-hydrogen) atoms. The molecule has 1 aliphatic carbocycles. The SMILES string of the molecule is CCc1nc(-c2ccnc(Nc3ccc(S(=O)(=O)NCCOC)cc3)n2)c(CC2CC2)[nH]1. The number of methoxy groups -OCH3 is 1. The fourth-order valence-electron chi connectivity index (χ4n) is 3.36. The maximum Gasteiger partial charge on any atom is 0.240 e. The van der Waals surface area contributed by atoms with Gasteiger partial charge in [-0.15, -0.1) is 0 Å². The molecule has 0 radical (unpaired) electrons. The first kappa shape index (κ1) is 22.4. The minimum Gasteiger partial charge on any atom is -0.383 e. The third-order valence-corrected chi connectivity index (χ3v) is 6.75. The minimum absolute atomic E-state index is 0.183. The van der Waals surface area contributed by atoms with Crippen LogP contribution in [0.3, 0.4) is 0 Å². The number of aromatic nitrogens is 4. The summed E-state index contributed by atoms with van der Waals surface area (Å²) in [5, 5.41) is 3.14. The third-order valence-electron chi connectivity index (χ3n) is 5.27. The van der Waals surface area contributed by atoms with E-state index >= 15 is 0 Å². The highest BCUT2D eigenvalue weighted by Gasteiger charge is 2.25. The van der Waals surface area contributed by atoms with Gasteiger partial charge >= 0.3 is 0 Å². The summed E-state index contributed by atoms with van der Waals surface area (Å²) in [6.07, 6.45) is 6.06. The van der Waals surface area contributed by atoms with E-state index in [9.17, 15) is 8.42 Å². The number of benzene rings is 1. The Morgan fingerprint density at radius 3 is 2.62 bits per heavy atom. The van der Waals surface area contributed by atoms with E-state index < -0.39 is 10.0 Å². The second-order valence-corrected chi connectivity index (χ2v) is 9.58. The van der Waals surface area contributed by atoms with Gasteiger partial charge in [-0.1, -0.05) is 6.92 Å². The number of sulfonamides is 1. The molecule has 170 valence electrons. The van der Waals surface area contributed by atoms with Crippen molar-refractivity contribution in [2.75, 3.05) is 25.6 Å². The number of hydrogen-bond acceptors (Lipinski definition) is 7. The number of aromatic amines is 1. The number of nitrogens with one attached hydrogen (secondary N) is 3. The van der Waals surface area contributed by atoms with Gasteiger partial charge in [0.05, 0.1) is 17.2 Å². The highest BCUT2D eigenvalue weighted by molar-refractivity contribution is 7.89. The lowest BCUT2D eigenvalue weighted by molar-refractivity contribution is 0.204. The zero-order chi connectivity index (χ0) is 22.6. The van der Waals surface area contributed by atoms with E-state index in [0.29, 0.717) is 18.2 Å². The Kier molecular flexibility index (Phi) is 6.83. The van der Waals surface area contributed by atoms with Gasteiger partial charge in [-0.25, -0.2) is 28.1 Å². The Morgan fingerprint density at radius 2 is 1.94 bits per heavy atom. The molecule has 2 aromatic heterocycles. The Labute approximate surface area is 188 Å². The zero-order valence-electron chi connectivity index (χ0n) is 18.3. The predicted octanol–water partition coefficient (Wildman–Crippen LogP) is 3.05. The van der Waals surface area contributed by atoms with E-state index in [1.54, 1.807) is 18.3 Å². The quantitative estimate of drug-likeness (QED) is 0.379. The summed E-state index contributed by atoms with van der Waals surface area (Å²) in [5.41, 5.74) is 3.45. The molecular weight excluding hydrogens is 428 g/mol. The molecule has 0 bridgehead atoms. The Balaban J connectivity index is 1.49. The Morgan fingerprint density at radius 1 is 1.16 bits per heavy atom. The van der Waals surface area contributed by atoms with Crippen molar-refractivity contribution >= 4 is 21.7 Å². The summed E-state index contributed by atoms with van der Waals surface area (Å²) in [4.78, 5) is 17.3. The average molecular weight is 457 g/mol. The van der Waals surface area contributed by atoms with Crippen LogP contribution >= 0.6 is 0 Å². The van der Waals surface area contributed by atoms with E-state index in [1.807, 2.05) is 6.07 Å². The van der Waals surface area contributed by atoms with Crippen LogP contribution in [0.5, 0.6) is 0 Å². The van der Waals surface area contributed by atoms with Crippen LogP contribution in [0.1, 0.15) is 31.3 Å². The summed E-state index contributed by atoms with van der Waals surface area (Å²) in [6, 6.07) is 8.30. The van der Waals surface area contributed by atoms with Gasteiger partial charge in [0.2, 0.25) is 16.0 Å². The molecule has 3 aromatic rings. The van der Waals surface area contributed by atoms with Crippen molar-refractivity contribution in [1.82, 2.24) is 24.7 Å². The number of ether oxygens (including phenoxy) is 1. The number of nitrogens with zero attached hydrogens (tertiary/aromatic N) is 3. The zero-order valence-corrected chi connectivity index (χ0v) is 19.1. The van der Waals surface area contributed by atoms with Crippen molar-refractivity contribution < 1.29 is 13.2 Å². The Bertz CT molecular complexity index is 1160. The van der Waals surface area contributed by atoms with Crippen molar-refractivity contribution in [2.24, 2.45) is 5.92 Å². The number of imidazole rings is 1. The largest absolute Gasteiger partial charge is 0.383 e. The molecule has 2 heterocycles. The minimum atomic E-state index is -3.58. The normalized spacial score (nSPS) is 13.9. The molecule has 1 aromatic carbocycles. The van der Waals surface area contributed by atoms with Crippen molar-refractivity contribution in [3.8, 4) is 11.4 Å². The van der Waals surface area contributed by atoms with Crippen LogP contribution < -0.4 is 10.0 Å². The fourth-order valence-corrected chi connectivity index (χ4v) is 4.37. The van der Waals surface area contributed by atoms with Gasteiger partial charge in [0.25, 0.3) is 0 Å². The molecule has 0 saturated heterocycles. The summed E-state index contributed by atoms with van der Waals surface area (Å²) < 4.78 is 32.0. The smallest absolute Gasteiger partial charge is 0.240 e. The number of H-pyrrole nitrogens is 1. The molecule has 0 atom stereocenters. The van der Waals surface area contributed by atoms with Crippen molar-refractivity contribution in [2.45, 2.75) is 37.5 Å². The molecule has 1 fully saturated rings. The number of hydrogen-bond donors (Lipinski definition) is 3. The molecule has 1 saturated carbocycles. The van der Waals surface area contributed by atoms with Gasteiger partial charge in [0.15, 0.2) is 0 Å². The number of anilines is 2. The molecule has 9 nitrogen and oxygen atoms in total. The molecule has 1 aliphatic rings. The molecule has 3 N–H and O–H groups in total. The third kappa shape index (κ3) is 5.50. The summed E-state index contributed by atoms with van der Waals surface area (Å²) in [5.74, 6) is 2.12. The van der Waals surface area contributed by atoms with E-state index in [4.69, 9.17) is 9.72 Å². The lowest BCUT2D eigenvalue weighted by atomic mass is 10.1. The highest BCUT2D eigenvalue weighted by atomic mass is 32.2. The van der Waals surface area contributed by atoms with Crippen LogP contribution in [0.4, 0.5) is 11.6 Å². The van der Waals surface area contributed by atoms with E-state index in [2.05, 4.69) is 31.9 Å². The molecule has 10 heteroatoms. The van der Waals surface area contributed by atoms with E-state index in [0.717, 1.165) is 41.7 Å². The lowest BCUT2D eigenvalue weighted by Crippen LogP contribution is -2.27. The van der Waals surface area contributed by atoms with Gasteiger partial charge < -0.3 is 15.0 Å². The molecule has 0 unspecified atom stereocenters. The van der Waals surface area contributed by atoms with Gasteiger partial charge in [0.1, 0.15) is 11.5 Å². The maximum atomic E-state index is 12.3. The molecular formula is C22H28N6O3S. The summed E-state index contributed by atoms with van der Waals surface area (Å²) in [6.45, 7) is 2.60. The van der Waals surface area contributed by atoms with Gasteiger partial charge in [-0.05, 0) is 55.5 Å². The summed E-state index contributed by atoms with van der Waals surface area (Å²) >= 11 is 0. The highest BCUT2D eigenvalue weighted by Crippen LogP contribution is 2.34. The van der Waals surface area contributed by atoms with Gasteiger partial charge in [-0.3, -0.25) is 0 Å². The molecule has 0 amide bonds. The second kappa shape index (κ2) is 9.76. The first-order valence-corrected chi connectivity index (χ1v) is 12.2. The second-order valence-electron chi connectivity index (χ2n) is 7.82. The number of aryl methyl sites for hydroxylation is 1. The van der Waals surface area contributed by atoms with E-state index in [1.165, 1.54) is 32.1 Å². The van der Waals surface area contributed by atoms with Crippen LogP contribution in [0.15, 0.2) is 41.4 Å². The van der Waals surface area contributed by atoms with Crippen LogP contribution in [-0.4, -0.2) is 48.6 Å². The maximum absolute atomic E-state index is 12.3. The number of rotatable bonds is 11. The average Bonchev–Trinajstić information content (AvgIpc) is 3.51. The topological polar surface area (TPSA) is 122 Å². The van der Waals surface area contributed by atoms with E-state index in [-0.39, 0.29) is 11.4 Å². The molecule has 0 spiro atoms. The van der Waals surface area contributed by atoms with Gasteiger partial charge in [0, 0.05) is 37.7 Å². The first-order chi connectivity index (χ1) is 15.5. The Hall–Kier alpha value is -2.82. The molecule has 0 aliphatic heterocycles.